The van der Waals surface area contributed by atoms with E-state index in [2.05, 4.69) is 25.1 Å². The Morgan fingerprint density at radius 1 is 1.36 bits per heavy atom. The van der Waals surface area contributed by atoms with Crippen molar-refractivity contribution in [1.82, 2.24) is 20.2 Å². The molecule has 4 heterocycles. The number of rotatable bonds is 3. The second-order valence-electron chi connectivity index (χ2n) is 5.77. The van der Waals surface area contributed by atoms with Crippen molar-refractivity contribution < 1.29 is 9.47 Å². The van der Waals surface area contributed by atoms with Crippen LogP contribution in [0.4, 0.5) is 5.13 Å². The highest BCUT2D eigenvalue weighted by Gasteiger charge is 2.49. The molecule has 2 saturated heterocycles. The summed E-state index contributed by atoms with van der Waals surface area (Å²) in [4.78, 5) is 10.4. The average molecular weight is 319 g/mol. The Labute approximate surface area is 132 Å². The van der Waals surface area contributed by atoms with Gasteiger partial charge < -0.3 is 14.4 Å². The highest BCUT2D eigenvalue weighted by atomic mass is 32.1. The van der Waals surface area contributed by atoms with Crippen LogP contribution in [0, 0.1) is 6.92 Å². The fraction of sp³-hybridized carbons (Fsp3) is 0.571. The molecule has 2 aliphatic rings. The number of ether oxygens (including phenoxy) is 2. The van der Waals surface area contributed by atoms with E-state index in [0.29, 0.717) is 12.5 Å². The SMILES string of the molecule is Cc1nnc(N2CC3(CC(Oc4cnccn4)CCO3)C2)s1. The Kier molecular flexibility index (Phi) is 3.42. The van der Waals surface area contributed by atoms with E-state index in [1.54, 1.807) is 29.9 Å². The fourth-order valence-electron chi connectivity index (χ4n) is 3.02. The minimum absolute atomic E-state index is 0.120. The number of nitrogens with zero attached hydrogens (tertiary/aromatic N) is 5. The predicted molar refractivity (Wildman–Crippen MR) is 81.2 cm³/mol. The lowest BCUT2D eigenvalue weighted by Crippen LogP contribution is -2.66. The van der Waals surface area contributed by atoms with Crippen LogP contribution in [-0.4, -0.2) is 51.6 Å². The van der Waals surface area contributed by atoms with E-state index in [1.807, 2.05) is 6.92 Å². The zero-order valence-corrected chi connectivity index (χ0v) is 13.1. The molecule has 116 valence electrons. The lowest BCUT2D eigenvalue weighted by Gasteiger charge is -2.52. The highest BCUT2D eigenvalue weighted by Crippen LogP contribution is 2.38. The first-order valence-corrected chi connectivity index (χ1v) is 8.16. The molecule has 1 spiro atoms. The maximum Gasteiger partial charge on any atom is 0.232 e. The molecule has 0 radical (unpaired) electrons. The zero-order chi connectivity index (χ0) is 15.0. The third kappa shape index (κ3) is 2.64. The predicted octanol–water partition coefficient (Wildman–Crippen LogP) is 1.45. The van der Waals surface area contributed by atoms with Crippen LogP contribution in [0.1, 0.15) is 17.8 Å². The quantitative estimate of drug-likeness (QED) is 0.848. The largest absolute Gasteiger partial charge is 0.473 e. The number of hydrogen-bond acceptors (Lipinski definition) is 8. The molecule has 2 aromatic heterocycles. The van der Waals surface area contributed by atoms with E-state index in [1.165, 1.54) is 0 Å². The van der Waals surface area contributed by atoms with E-state index >= 15 is 0 Å². The van der Waals surface area contributed by atoms with Gasteiger partial charge in [0.25, 0.3) is 0 Å². The number of aromatic nitrogens is 4. The van der Waals surface area contributed by atoms with E-state index in [0.717, 1.165) is 36.1 Å². The van der Waals surface area contributed by atoms with E-state index < -0.39 is 0 Å². The van der Waals surface area contributed by atoms with Crippen molar-refractivity contribution in [3.8, 4) is 5.88 Å². The lowest BCUT2D eigenvalue weighted by molar-refractivity contribution is -0.126. The molecule has 1 unspecified atom stereocenters. The van der Waals surface area contributed by atoms with Crippen molar-refractivity contribution in [3.05, 3.63) is 23.6 Å². The number of aryl methyl sites for hydroxylation is 1. The van der Waals surface area contributed by atoms with Crippen molar-refractivity contribution in [2.24, 2.45) is 0 Å². The fourth-order valence-corrected chi connectivity index (χ4v) is 3.71. The third-order valence-electron chi connectivity index (χ3n) is 4.02. The van der Waals surface area contributed by atoms with Crippen molar-refractivity contribution in [2.45, 2.75) is 31.5 Å². The maximum absolute atomic E-state index is 6.03. The normalized spacial score (nSPS) is 23.3. The van der Waals surface area contributed by atoms with E-state index in [-0.39, 0.29) is 11.7 Å². The molecule has 1 atom stereocenters. The van der Waals surface area contributed by atoms with Gasteiger partial charge in [-0.3, -0.25) is 4.98 Å². The Morgan fingerprint density at radius 2 is 2.27 bits per heavy atom. The summed E-state index contributed by atoms with van der Waals surface area (Å²) in [5.74, 6) is 0.584. The van der Waals surface area contributed by atoms with Crippen LogP contribution < -0.4 is 9.64 Å². The van der Waals surface area contributed by atoms with Gasteiger partial charge in [0.1, 0.15) is 16.7 Å². The molecular formula is C14H17N5O2S. The van der Waals surface area contributed by atoms with Gasteiger partial charge >= 0.3 is 0 Å². The number of anilines is 1. The van der Waals surface area contributed by atoms with Gasteiger partial charge in [-0.25, -0.2) is 4.98 Å². The summed E-state index contributed by atoms with van der Waals surface area (Å²) in [6.07, 6.45) is 6.83. The molecule has 0 aliphatic carbocycles. The smallest absolute Gasteiger partial charge is 0.232 e. The molecule has 0 N–H and O–H groups in total. The van der Waals surface area contributed by atoms with E-state index in [9.17, 15) is 0 Å². The van der Waals surface area contributed by atoms with E-state index in [4.69, 9.17) is 9.47 Å². The van der Waals surface area contributed by atoms with Gasteiger partial charge in [0.05, 0.1) is 25.9 Å². The first kappa shape index (κ1) is 13.8. The minimum atomic E-state index is -0.120. The van der Waals surface area contributed by atoms with Crippen LogP contribution in [0.15, 0.2) is 18.6 Å². The standard InChI is InChI=1S/C14H17N5O2S/c1-10-17-18-13(22-10)19-8-14(9-19)6-11(2-5-20-14)21-12-7-15-3-4-16-12/h3-4,7,11H,2,5-6,8-9H2,1H3. The molecule has 8 heteroatoms. The molecule has 2 aliphatic heterocycles. The zero-order valence-electron chi connectivity index (χ0n) is 12.3. The van der Waals surface area contributed by atoms with Crippen LogP contribution in [0.5, 0.6) is 5.88 Å². The summed E-state index contributed by atoms with van der Waals surface area (Å²) in [6.45, 7) is 4.39. The average Bonchev–Trinajstić information content (AvgIpc) is 2.92. The lowest BCUT2D eigenvalue weighted by atomic mass is 9.85. The van der Waals surface area contributed by atoms with Gasteiger partial charge in [0.15, 0.2) is 0 Å². The topological polar surface area (TPSA) is 73.3 Å². The monoisotopic (exact) mass is 319 g/mol. The molecule has 0 amide bonds. The van der Waals surface area contributed by atoms with Crippen LogP contribution in [-0.2, 0) is 4.74 Å². The summed E-state index contributed by atoms with van der Waals surface area (Å²) in [5, 5.41) is 10.2. The summed E-state index contributed by atoms with van der Waals surface area (Å²) in [5.41, 5.74) is -0.120. The Bertz CT molecular complexity index is 644. The summed E-state index contributed by atoms with van der Waals surface area (Å²) >= 11 is 1.62. The van der Waals surface area contributed by atoms with Crippen molar-refractivity contribution in [1.29, 1.82) is 0 Å². The Morgan fingerprint density at radius 3 is 3.00 bits per heavy atom. The second-order valence-corrected chi connectivity index (χ2v) is 6.93. The molecule has 4 rings (SSSR count). The first-order chi connectivity index (χ1) is 10.7. The molecule has 7 nitrogen and oxygen atoms in total. The summed E-state index contributed by atoms with van der Waals surface area (Å²) in [6, 6.07) is 0. The van der Waals surface area contributed by atoms with Crippen LogP contribution in [0.3, 0.4) is 0 Å². The highest BCUT2D eigenvalue weighted by molar-refractivity contribution is 7.15. The summed E-state index contributed by atoms with van der Waals surface area (Å²) in [7, 11) is 0. The van der Waals surface area contributed by atoms with Gasteiger partial charge in [-0.2, -0.15) is 0 Å². The van der Waals surface area contributed by atoms with Crippen molar-refractivity contribution in [2.75, 3.05) is 24.6 Å². The Hall–Kier alpha value is -1.80. The molecule has 0 aromatic carbocycles. The van der Waals surface area contributed by atoms with Crippen LogP contribution >= 0.6 is 11.3 Å². The van der Waals surface area contributed by atoms with Crippen LogP contribution in [0.2, 0.25) is 0 Å². The van der Waals surface area contributed by atoms with Gasteiger partial charge in [0.2, 0.25) is 11.0 Å². The molecule has 0 bridgehead atoms. The molecule has 0 saturated carbocycles. The van der Waals surface area contributed by atoms with Crippen molar-refractivity contribution in [3.63, 3.8) is 0 Å². The minimum Gasteiger partial charge on any atom is -0.473 e. The first-order valence-electron chi connectivity index (χ1n) is 7.34. The van der Waals surface area contributed by atoms with Gasteiger partial charge in [-0.05, 0) is 6.92 Å². The van der Waals surface area contributed by atoms with Crippen LogP contribution in [0.25, 0.3) is 0 Å². The maximum atomic E-state index is 6.03. The number of hydrogen-bond donors (Lipinski definition) is 0. The second kappa shape index (κ2) is 5.44. The summed E-state index contributed by atoms with van der Waals surface area (Å²) < 4.78 is 12.0. The third-order valence-corrected chi connectivity index (χ3v) is 4.92. The van der Waals surface area contributed by atoms with Crippen molar-refractivity contribution >= 4 is 16.5 Å². The Balaban J connectivity index is 1.38. The van der Waals surface area contributed by atoms with Gasteiger partial charge in [-0.1, -0.05) is 11.3 Å². The molecule has 2 fully saturated rings. The molecular weight excluding hydrogens is 302 g/mol. The van der Waals surface area contributed by atoms with Gasteiger partial charge in [0, 0.05) is 25.2 Å². The molecule has 22 heavy (non-hydrogen) atoms. The molecule has 2 aromatic rings. The van der Waals surface area contributed by atoms with Gasteiger partial charge in [-0.15, -0.1) is 10.2 Å².